The van der Waals surface area contributed by atoms with E-state index in [4.69, 9.17) is 4.74 Å². The fourth-order valence-electron chi connectivity index (χ4n) is 4.74. The van der Waals surface area contributed by atoms with Gasteiger partial charge in [-0.2, -0.15) is 0 Å². The van der Waals surface area contributed by atoms with Crippen LogP contribution in [0.3, 0.4) is 0 Å². The SMILES string of the molecule is O=C(NC(CCC1CCCC1)C(=O)O)OCC1c2ccccc2-c2ccccc21. The number of carboxylic acid groups (broad SMARTS) is 1. The molecule has 2 aliphatic rings. The van der Waals surface area contributed by atoms with Gasteiger partial charge in [-0.15, -0.1) is 0 Å². The Kier molecular flexibility index (Phi) is 5.84. The summed E-state index contributed by atoms with van der Waals surface area (Å²) in [5, 5.41) is 12.0. The third-order valence-corrected chi connectivity index (χ3v) is 6.27. The first-order valence-corrected chi connectivity index (χ1v) is 10.5. The van der Waals surface area contributed by atoms with E-state index in [1.165, 1.54) is 12.8 Å². The van der Waals surface area contributed by atoms with E-state index in [-0.39, 0.29) is 12.5 Å². The standard InChI is InChI=1S/C24H27NO4/c26-23(27)22(14-13-16-7-1-2-8-16)25-24(28)29-15-21-19-11-5-3-9-17(19)18-10-4-6-12-20(18)21/h3-6,9-12,16,21-22H,1-2,7-8,13-15H2,(H,25,28)(H,26,27). The first-order chi connectivity index (χ1) is 14.1. The van der Waals surface area contributed by atoms with Crippen LogP contribution in [0, 0.1) is 5.92 Å². The first kappa shape index (κ1) is 19.5. The molecule has 2 aromatic carbocycles. The van der Waals surface area contributed by atoms with Crippen molar-refractivity contribution in [2.24, 2.45) is 5.92 Å². The molecule has 152 valence electrons. The average Bonchev–Trinajstić information content (AvgIpc) is 3.35. The fourth-order valence-corrected chi connectivity index (χ4v) is 4.74. The summed E-state index contributed by atoms with van der Waals surface area (Å²) in [6.45, 7) is 0.189. The monoisotopic (exact) mass is 393 g/mol. The topological polar surface area (TPSA) is 75.6 Å². The molecule has 0 saturated heterocycles. The Labute approximate surface area is 171 Å². The number of alkyl carbamates (subject to hydrolysis) is 1. The first-order valence-electron chi connectivity index (χ1n) is 10.5. The summed E-state index contributed by atoms with van der Waals surface area (Å²) in [7, 11) is 0. The van der Waals surface area contributed by atoms with Crippen molar-refractivity contribution in [1.82, 2.24) is 5.32 Å². The van der Waals surface area contributed by atoms with Crippen molar-refractivity contribution in [2.45, 2.75) is 50.5 Å². The molecular formula is C24H27NO4. The van der Waals surface area contributed by atoms with E-state index in [2.05, 4.69) is 29.6 Å². The minimum absolute atomic E-state index is 0.0325. The lowest BCUT2D eigenvalue weighted by Crippen LogP contribution is -2.41. The van der Waals surface area contributed by atoms with Crippen LogP contribution < -0.4 is 5.32 Å². The van der Waals surface area contributed by atoms with Crippen LogP contribution in [0.4, 0.5) is 4.79 Å². The third-order valence-electron chi connectivity index (χ3n) is 6.27. The van der Waals surface area contributed by atoms with E-state index in [9.17, 15) is 14.7 Å². The van der Waals surface area contributed by atoms with Crippen molar-refractivity contribution >= 4 is 12.1 Å². The smallest absolute Gasteiger partial charge is 0.407 e. The number of nitrogens with one attached hydrogen (secondary N) is 1. The lowest BCUT2D eigenvalue weighted by molar-refractivity contribution is -0.139. The van der Waals surface area contributed by atoms with Crippen LogP contribution in [0.15, 0.2) is 48.5 Å². The molecule has 1 atom stereocenters. The van der Waals surface area contributed by atoms with Crippen molar-refractivity contribution in [1.29, 1.82) is 0 Å². The van der Waals surface area contributed by atoms with Crippen LogP contribution >= 0.6 is 0 Å². The molecule has 0 aliphatic heterocycles. The van der Waals surface area contributed by atoms with Crippen LogP contribution in [-0.2, 0) is 9.53 Å². The van der Waals surface area contributed by atoms with Gasteiger partial charge in [-0.3, -0.25) is 0 Å². The Bertz CT molecular complexity index is 842. The second-order valence-electron chi connectivity index (χ2n) is 8.09. The molecule has 2 aliphatic carbocycles. The number of carbonyl (C=O) groups is 2. The van der Waals surface area contributed by atoms with Gasteiger partial charge in [-0.25, -0.2) is 9.59 Å². The zero-order chi connectivity index (χ0) is 20.2. The van der Waals surface area contributed by atoms with Gasteiger partial charge in [-0.05, 0) is 41.0 Å². The quantitative estimate of drug-likeness (QED) is 0.698. The molecule has 4 rings (SSSR count). The maximum absolute atomic E-state index is 12.3. The number of carbonyl (C=O) groups excluding carboxylic acids is 1. The van der Waals surface area contributed by atoms with E-state index in [1.54, 1.807) is 0 Å². The van der Waals surface area contributed by atoms with Gasteiger partial charge in [0.15, 0.2) is 0 Å². The molecule has 29 heavy (non-hydrogen) atoms. The summed E-state index contributed by atoms with van der Waals surface area (Å²) in [6, 6.07) is 15.4. The highest BCUT2D eigenvalue weighted by atomic mass is 16.5. The summed E-state index contributed by atoms with van der Waals surface area (Å²) < 4.78 is 5.48. The van der Waals surface area contributed by atoms with Crippen LogP contribution in [0.25, 0.3) is 11.1 Å². The molecule has 1 saturated carbocycles. The Morgan fingerprint density at radius 1 is 1.00 bits per heavy atom. The van der Waals surface area contributed by atoms with E-state index >= 15 is 0 Å². The van der Waals surface area contributed by atoms with Crippen molar-refractivity contribution in [3.63, 3.8) is 0 Å². The lowest BCUT2D eigenvalue weighted by atomic mass is 9.98. The van der Waals surface area contributed by atoms with Crippen molar-refractivity contribution in [3.05, 3.63) is 59.7 Å². The second-order valence-corrected chi connectivity index (χ2v) is 8.09. The summed E-state index contributed by atoms with van der Waals surface area (Å²) in [4.78, 5) is 23.9. The van der Waals surface area contributed by atoms with Crippen molar-refractivity contribution in [3.8, 4) is 11.1 Å². The molecule has 1 fully saturated rings. The summed E-state index contributed by atoms with van der Waals surface area (Å²) in [5.74, 6) is -0.451. The number of ether oxygens (including phenoxy) is 1. The van der Waals surface area contributed by atoms with Crippen molar-refractivity contribution in [2.75, 3.05) is 6.61 Å². The van der Waals surface area contributed by atoms with Gasteiger partial charge in [0, 0.05) is 5.92 Å². The summed E-state index contributed by atoms with van der Waals surface area (Å²) in [5.41, 5.74) is 4.60. The van der Waals surface area contributed by atoms with Gasteiger partial charge in [0.1, 0.15) is 12.6 Å². The Morgan fingerprint density at radius 3 is 2.17 bits per heavy atom. The number of hydrogen-bond donors (Lipinski definition) is 2. The van der Waals surface area contributed by atoms with E-state index in [0.717, 1.165) is 41.5 Å². The predicted octanol–water partition coefficient (Wildman–Crippen LogP) is 4.95. The van der Waals surface area contributed by atoms with Crippen LogP contribution in [-0.4, -0.2) is 29.8 Å². The third kappa shape index (κ3) is 4.29. The Morgan fingerprint density at radius 2 is 1.59 bits per heavy atom. The molecule has 2 aromatic rings. The molecule has 0 bridgehead atoms. The molecular weight excluding hydrogens is 366 g/mol. The van der Waals surface area contributed by atoms with Gasteiger partial charge in [-0.1, -0.05) is 74.2 Å². The molecule has 0 radical (unpaired) electrons. The van der Waals surface area contributed by atoms with Gasteiger partial charge < -0.3 is 15.2 Å². The highest BCUT2D eigenvalue weighted by molar-refractivity contribution is 5.81. The molecule has 0 heterocycles. The lowest BCUT2D eigenvalue weighted by Gasteiger charge is -2.18. The predicted molar refractivity (Wildman–Crippen MR) is 111 cm³/mol. The summed E-state index contributed by atoms with van der Waals surface area (Å²) in [6.07, 6.45) is 5.40. The molecule has 2 N–H and O–H groups in total. The van der Waals surface area contributed by atoms with Crippen LogP contribution in [0.5, 0.6) is 0 Å². The van der Waals surface area contributed by atoms with Gasteiger partial charge in [0.25, 0.3) is 0 Å². The van der Waals surface area contributed by atoms with Gasteiger partial charge in [0.2, 0.25) is 0 Å². The molecule has 1 unspecified atom stereocenters. The van der Waals surface area contributed by atoms with E-state index in [0.29, 0.717) is 12.3 Å². The van der Waals surface area contributed by atoms with Crippen LogP contribution in [0.1, 0.15) is 55.6 Å². The molecule has 5 nitrogen and oxygen atoms in total. The maximum Gasteiger partial charge on any atom is 0.407 e. The fraction of sp³-hybridized carbons (Fsp3) is 0.417. The zero-order valence-corrected chi connectivity index (χ0v) is 16.5. The van der Waals surface area contributed by atoms with Crippen molar-refractivity contribution < 1.29 is 19.4 Å². The Hall–Kier alpha value is -2.82. The zero-order valence-electron chi connectivity index (χ0n) is 16.5. The average molecular weight is 393 g/mol. The number of amides is 1. The highest BCUT2D eigenvalue weighted by Crippen LogP contribution is 2.44. The van der Waals surface area contributed by atoms with E-state index in [1.807, 2.05) is 24.3 Å². The minimum atomic E-state index is -1.00. The molecule has 1 amide bonds. The van der Waals surface area contributed by atoms with Crippen LogP contribution in [0.2, 0.25) is 0 Å². The minimum Gasteiger partial charge on any atom is -0.480 e. The largest absolute Gasteiger partial charge is 0.480 e. The maximum atomic E-state index is 12.3. The number of fused-ring (bicyclic) bond motifs is 3. The number of carboxylic acids is 1. The highest BCUT2D eigenvalue weighted by Gasteiger charge is 2.30. The normalized spacial score (nSPS) is 16.8. The number of aliphatic carboxylic acids is 1. The van der Waals surface area contributed by atoms with Gasteiger partial charge in [0.05, 0.1) is 0 Å². The van der Waals surface area contributed by atoms with E-state index < -0.39 is 18.1 Å². The molecule has 0 spiro atoms. The number of hydrogen-bond acceptors (Lipinski definition) is 3. The van der Waals surface area contributed by atoms with Gasteiger partial charge >= 0.3 is 12.1 Å². The summed E-state index contributed by atoms with van der Waals surface area (Å²) >= 11 is 0. The number of benzene rings is 2. The Balaban J connectivity index is 1.37. The molecule has 0 aromatic heterocycles. The molecule has 5 heteroatoms. The second kappa shape index (κ2) is 8.68. The number of rotatable bonds is 7.